The molecule has 0 radical (unpaired) electrons. The maximum absolute atomic E-state index is 11.3. The standard InChI is InChI=1S/C10H10N4OS/c11-9(15)7-4-1-2-6-5(3-13-14-6)8(4)16-10(7)12/h3H,1-2,12H2,(H2,11,15)(H,13,14). The fourth-order valence-electron chi connectivity index (χ4n) is 2.16. The lowest BCUT2D eigenvalue weighted by Crippen LogP contribution is -2.15. The van der Waals surface area contributed by atoms with Gasteiger partial charge < -0.3 is 11.5 Å². The van der Waals surface area contributed by atoms with Gasteiger partial charge in [0.25, 0.3) is 5.91 Å². The quantitative estimate of drug-likeness (QED) is 0.684. The van der Waals surface area contributed by atoms with Gasteiger partial charge in [-0.2, -0.15) is 5.10 Å². The largest absolute Gasteiger partial charge is 0.390 e. The molecule has 82 valence electrons. The fraction of sp³-hybridized carbons (Fsp3) is 0.200. The molecule has 1 aliphatic rings. The van der Waals surface area contributed by atoms with E-state index >= 15 is 0 Å². The van der Waals surface area contributed by atoms with Crippen LogP contribution in [0.25, 0.3) is 10.4 Å². The summed E-state index contributed by atoms with van der Waals surface area (Å²) in [7, 11) is 0. The second kappa shape index (κ2) is 3.08. The molecule has 0 unspecified atom stereocenters. The number of aromatic nitrogens is 2. The van der Waals surface area contributed by atoms with Gasteiger partial charge in [-0.25, -0.2) is 0 Å². The van der Waals surface area contributed by atoms with E-state index in [1.807, 2.05) is 0 Å². The number of rotatable bonds is 1. The number of nitrogen functional groups attached to an aromatic ring is 1. The van der Waals surface area contributed by atoms with Crippen molar-refractivity contribution >= 4 is 22.2 Å². The third kappa shape index (κ3) is 1.10. The first-order valence-corrected chi connectivity index (χ1v) is 5.73. The van der Waals surface area contributed by atoms with Gasteiger partial charge in [0, 0.05) is 16.1 Å². The summed E-state index contributed by atoms with van der Waals surface area (Å²) in [5.74, 6) is -0.443. The molecule has 0 saturated carbocycles. The Morgan fingerprint density at radius 2 is 2.31 bits per heavy atom. The van der Waals surface area contributed by atoms with E-state index in [1.165, 1.54) is 11.3 Å². The van der Waals surface area contributed by atoms with Crippen molar-refractivity contribution in [2.24, 2.45) is 5.73 Å². The van der Waals surface area contributed by atoms with Crippen LogP contribution in [0, 0.1) is 0 Å². The van der Waals surface area contributed by atoms with Gasteiger partial charge in [-0.05, 0) is 18.4 Å². The maximum Gasteiger partial charge on any atom is 0.251 e. The van der Waals surface area contributed by atoms with E-state index in [9.17, 15) is 4.79 Å². The summed E-state index contributed by atoms with van der Waals surface area (Å²) >= 11 is 1.41. The third-order valence-electron chi connectivity index (χ3n) is 2.87. The number of nitrogens with zero attached hydrogens (tertiary/aromatic N) is 1. The van der Waals surface area contributed by atoms with Crippen LogP contribution < -0.4 is 11.5 Å². The highest BCUT2D eigenvalue weighted by molar-refractivity contribution is 7.20. The van der Waals surface area contributed by atoms with E-state index in [1.54, 1.807) is 6.20 Å². The predicted molar refractivity (Wildman–Crippen MR) is 62.2 cm³/mol. The third-order valence-corrected chi connectivity index (χ3v) is 3.96. The number of anilines is 1. The average molecular weight is 234 g/mol. The number of primary amides is 1. The second-order valence-electron chi connectivity index (χ2n) is 3.78. The van der Waals surface area contributed by atoms with E-state index in [2.05, 4.69) is 10.2 Å². The number of aromatic amines is 1. The van der Waals surface area contributed by atoms with E-state index in [-0.39, 0.29) is 0 Å². The van der Waals surface area contributed by atoms with Crippen LogP contribution in [0.15, 0.2) is 6.20 Å². The van der Waals surface area contributed by atoms with Crippen LogP contribution >= 0.6 is 11.3 Å². The number of carbonyl (C=O) groups excluding carboxylic acids is 1. The van der Waals surface area contributed by atoms with Crippen molar-refractivity contribution in [3.63, 3.8) is 0 Å². The smallest absolute Gasteiger partial charge is 0.251 e. The van der Waals surface area contributed by atoms with Gasteiger partial charge in [-0.3, -0.25) is 9.89 Å². The monoisotopic (exact) mass is 234 g/mol. The Labute approximate surface area is 95.5 Å². The summed E-state index contributed by atoms with van der Waals surface area (Å²) in [6, 6.07) is 0. The Morgan fingerprint density at radius 1 is 1.50 bits per heavy atom. The molecule has 2 aromatic heterocycles. The number of hydrogen-bond acceptors (Lipinski definition) is 4. The molecule has 0 aliphatic heterocycles. The van der Waals surface area contributed by atoms with Crippen LogP contribution in [-0.4, -0.2) is 16.1 Å². The summed E-state index contributed by atoms with van der Waals surface area (Å²) in [4.78, 5) is 12.4. The van der Waals surface area contributed by atoms with E-state index in [0.29, 0.717) is 10.6 Å². The number of aryl methyl sites for hydroxylation is 1. The van der Waals surface area contributed by atoms with Gasteiger partial charge in [0.1, 0.15) is 0 Å². The Balaban J connectivity index is 2.29. The van der Waals surface area contributed by atoms with Crippen molar-refractivity contribution in [3.05, 3.63) is 23.0 Å². The van der Waals surface area contributed by atoms with Gasteiger partial charge >= 0.3 is 0 Å². The maximum atomic E-state index is 11.3. The minimum absolute atomic E-state index is 0.443. The summed E-state index contributed by atoms with van der Waals surface area (Å²) in [5.41, 5.74) is 14.8. The summed E-state index contributed by atoms with van der Waals surface area (Å²) < 4.78 is 0. The minimum Gasteiger partial charge on any atom is -0.390 e. The van der Waals surface area contributed by atoms with Crippen molar-refractivity contribution in [1.29, 1.82) is 0 Å². The van der Waals surface area contributed by atoms with Gasteiger partial charge in [-0.1, -0.05) is 0 Å². The molecule has 0 fully saturated rings. The summed E-state index contributed by atoms with van der Waals surface area (Å²) in [6.07, 6.45) is 3.41. The molecule has 0 aromatic carbocycles. The number of H-pyrrole nitrogens is 1. The first kappa shape index (κ1) is 9.41. The van der Waals surface area contributed by atoms with E-state index in [4.69, 9.17) is 11.5 Å². The van der Waals surface area contributed by atoms with Crippen LogP contribution in [0.1, 0.15) is 21.6 Å². The molecule has 1 aliphatic carbocycles. The summed E-state index contributed by atoms with van der Waals surface area (Å²) in [5, 5.41) is 7.47. The fourth-order valence-corrected chi connectivity index (χ4v) is 3.32. The Kier molecular flexibility index (Phi) is 1.81. The molecule has 1 amide bonds. The Hall–Kier alpha value is -1.82. The van der Waals surface area contributed by atoms with Gasteiger partial charge in [0.15, 0.2) is 0 Å². The molecule has 6 heteroatoms. The van der Waals surface area contributed by atoms with Gasteiger partial charge in [-0.15, -0.1) is 11.3 Å². The molecule has 0 atom stereocenters. The molecular weight excluding hydrogens is 224 g/mol. The lowest BCUT2D eigenvalue weighted by Gasteiger charge is -2.11. The van der Waals surface area contributed by atoms with E-state index in [0.717, 1.165) is 34.5 Å². The van der Waals surface area contributed by atoms with Gasteiger partial charge in [0.05, 0.1) is 16.8 Å². The number of nitrogens with two attached hydrogens (primary N) is 2. The molecule has 2 heterocycles. The number of carbonyl (C=O) groups is 1. The lowest BCUT2D eigenvalue weighted by atomic mass is 9.94. The SMILES string of the molecule is NC(=O)c1c(N)sc2c1CCc1[nH]ncc1-2. The zero-order valence-electron chi connectivity index (χ0n) is 8.41. The minimum atomic E-state index is -0.443. The molecule has 5 N–H and O–H groups in total. The molecule has 0 saturated heterocycles. The van der Waals surface area contributed by atoms with Crippen LogP contribution in [0.5, 0.6) is 0 Å². The topological polar surface area (TPSA) is 97.8 Å². The molecule has 0 bridgehead atoms. The van der Waals surface area contributed by atoms with E-state index < -0.39 is 5.91 Å². The second-order valence-corrected chi connectivity index (χ2v) is 4.83. The zero-order chi connectivity index (χ0) is 11.3. The number of thiophene rings is 1. The number of fused-ring (bicyclic) bond motifs is 3. The Bertz CT molecular complexity index is 584. The number of amides is 1. The normalized spacial score (nSPS) is 13.2. The molecule has 3 rings (SSSR count). The Morgan fingerprint density at radius 3 is 3.06 bits per heavy atom. The lowest BCUT2D eigenvalue weighted by molar-refractivity contribution is 0.100. The van der Waals surface area contributed by atoms with Crippen LogP contribution in [0.3, 0.4) is 0 Å². The average Bonchev–Trinajstić information content (AvgIpc) is 2.78. The van der Waals surface area contributed by atoms with Crippen molar-refractivity contribution in [2.75, 3.05) is 5.73 Å². The molecule has 2 aromatic rings. The molecule has 0 spiro atoms. The highest BCUT2D eigenvalue weighted by Crippen LogP contribution is 2.42. The zero-order valence-corrected chi connectivity index (χ0v) is 9.23. The molecular formula is C10H10N4OS. The van der Waals surface area contributed by atoms with Gasteiger partial charge in [0.2, 0.25) is 0 Å². The van der Waals surface area contributed by atoms with Crippen molar-refractivity contribution < 1.29 is 4.79 Å². The first-order valence-electron chi connectivity index (χ1n) is 4.92. The van der Waals surface area contributed by atoms with Crippen LogP contribution in [-0.2, 0) is 12.8 Å². The number of hydrogen-bond donors (Lipinski definition) is 3. The summed E-state index contributed by atoms with van der Waals surface area (Å²) in [6.45, 7) is 0. The molecule has 5 nitrogen and oxygen atoms in total. The number of nitrogens with one attached hydrogen (secondary N) is 1. The van der Waals surface area contributed by atoms with Crippen molar-refractivity contribution in [1.82, 2.24) is 10.2 Å². The van der Waals surface area contributed by atoms with Crippen molar-refractivity contribution in [3.8, 4) is 10.4 Å². The predicted octanol–water partition coefficient (Wildman–Crippen LogP) is 0.918. The van der Waals surface area contributed by atoms with Crippen molar-refractivity contribution in [2.45, 2.75) is 12.8 Å². The first-order chi connectivity index (χ1) is 7.68. The molecule has 16 heavy (non-hydrogen) atoms. The highest BCUT2D eigenvalue weighted by atomic mass is 32.1. The van der Waals surface area contributed by atoms with Crippen LogP contribution in [0.2, 0.25) is 0 Å². The van der Waals surface area contributed by atoms with Crippen LogP contribution in [0.4, 0.5) is 5.00 Å². The highest BCUT2D eigenvalue weighted by Gasteiger charge is 2.26.